The van der Waals surface area contributed by atoms with E-state index in [1.807, 2.05) is 12.1 Å². The van der Waals surface area contributed by atoms with E-state index in [1.54, 1.807) is 24.4 Å². The number of hydrogen-bond donors (Lipinski definition) is 0. The van der Waals surface area contributed by atoms with E-state index in [1.165, 1.54) is 30.5 Å². The van der Waals surface area contributed by atoms with Crippen LogP contribution < -0.4 is 15.1 Å². The Morgan fingerprint density at radius 1 is 1.09 bits per heavy atom. The summed E-state index contributed by atoms with van der Waals surface area (Å²) in [6, 6.07) is 15.1. The van der Waals surface area contributed by atoms with Gasteiger partial charge in [-0.25, -0.2) is 9.37 Å². The van der Waals surface area contributed by atoms with Crippen LogP contribution in [0, 0.1) is 5.82 Å². The molecule has 0 aliphatic carbocycles. The fourth-order valence-corrected chi connectivity index (χ4v) is 4.11. The van der Waals surface area contributed by atoms with Crippen molar-refractivity contribution >= 4 is 16.8 Å². The lowest BCUT2D eigenvalue weighted by molar-refractivity contribution is 0.315. The standard InChI is InChI=1S/C26H24FN3O3/c1-29(2)19-11-12-30(15-19)25-10-3-17(14-28-25)23-16-32-24-13-21(8-9-22(24)26(23)31)33-20-6-4-18(27)5-7-20/h3-10,13-14,16,19H,11-12,15H2,1-2H3. The largest absolute Gasteiger partial charge is 0.463 e. The highest BCUT2D eigenvalue weighted by Gasteiger charge is 2.24. The summed E-state index contributed by atoms with van der Waals surface area (Å²) in [5.41, 5.74) is 1.46. The summed E-state index contributed by atoms with van der Waals surface area (Å²) in [6.45, 7) is 1.91. The molecule has 0 spiro atoms. The highest BCUT2D eigenvalue weighted by molar-refractivity contribution is 5.82. The van der Waals surface area contributed by atoms with E-state index in [4.69, 9.17) is 9.15 Å². The van der Waals surface area contributed by atoms with Crippen LogP contribution in [0.5, 0.6) is 11.5 Å². The van der Waals surface area contributed by atoms with Gasteiger partial charge in [-0.05, 0) is 69.0 Å². The van der Waals surface area contributed by atoms with Crippen molar-refractivity contribution in [1.82, 2.24) is 9.88 Å². The Bertz CT molecular complexity index is 1330. The molecule has 5 rings (SSSR count). The zero-order valence-corrected chi connectivity index (χ0v) is 18.5. The van der Waals surface area contributed by atoms with E-state index >= 15 is 0 Å². The molecule has 1 fully saturated rings. The summed E-state index contributed by atoms with van der Waals surface area (Å²) in [6.07, 6.45) is 4.29. The number of nitrogens with zero attached hydrogens (tertiary/aromatic N) is 3. The molecule has 168 valence electrons. The maximum Gasteiger partial charge on any atom is 0.200 e. The van der Waals surface area contributed by atoms with Gasteiger partial charge in [0.05, 0.1) is 10.9 Å². The van der Waals surface area contributed by atoms with E-state index < -0.39 is 0 Å². The Kier molecular flexibility index (Phi) is 5.56. The number of hydrogen-bond acceptors (Lipinski definition) is 6. The van der Waals surface area contributed by atoms with Gasteiger partial charge >= 0.3 is 0 Å². The van der Waals surface area contributed by atoms with E-state index in [9.17, 15) is 9.18 Å². The van der Waals surface area contributed by atoms with Crippen molar-refractivity contribution in [2.45, 2.75) is 12.5 Å². The van der Waals surface area contributed by atoms with Gasteiger partial charge in [-0.15, -0.1) is 0 Å². The first kappa shape index (κ1) is 21.2. The van der Waals surface area contributed by atoms with Gasteiger partial charge in [0.2, 0.25) is 5.43 Å². The molecule has 4 aromatic rings. The molecule has 33 heavy (non-hydrogen) atoms. The molecule has 1 atom stereocenters. The van der Waals surface area contributed by atoms with Crippen molar-refractivity contribution in [3.05, 3.63) is 83.1 Å². The minimum atomic E-state index is -0.333. The van der Waals surface area contributed by atoms with Gasteiger partial charge in [-0.3, -0.25) is 4.79 Å². The lowest BCUT2D eigenvalue weighted by atomic mass is 10.1. The summed E-state index contributed by atoms with van der Waals surface area (Å²) in [4.78, 5) is 22.2. The molecule has 0 bridgehead atoms. The lowest BCUT2D eigenvalue weighted by Gasteiger charge is -2.21. The molecule has 3 heterocycles. The van der Waals surface area contributed by atoms with Crippen LogP contribution >= 0.6 is 0 Å². The van der Waals surface area contributed by atoms with Crippen molar-refractivity contribution < 1.29 is 13.5 Å². The number of halogens is 1. The Morgan fingerprint density at radius 3 is 2.58 bits per heavy atom. The maximum absolute atomic E-state index is 13.1. The van der Waals surface area contributed by atoms with E-state index in [0.29, 0.717) is 39.6 Å². The summed E-state index contributed by atoms with van der Waals surface area (Å²) < 4.78 is 24.6. The first-order valence-corrected chi connectivity index (χ1v) is 10.8. The van der Waals surface area contributed by atoms with E-state index in [2.05, 4.69) is 28.9 Å². The average Bonchev–Trinajstić information content (AvgIpc) is 3.32. The van der Waals surface area contributed by atoms with Crippen molar-refractivity contribution in [3.63, 3.8) is 0 Å². The summed E-state index contributed by atoms with van der Waals surface area (Å²) in [5.74, 6) is 1.57. The topological polar surface area (TPSA) is 58.8 Å². The third-order valence-electron chi connectivity index (χ3n) is 6.07. The van der Waals surface area contributed by atoms with Crippen LogP contribution in [0.3, 0.4) is 0 Å². The summed E-state index contributed by atoms with van der Waals surface area (Å²) in [7, 11) is 4.20. The third-order valence-corrected chi connectivity index (χ3v) is 6.07. The fraction of sp³-hybridized carbons (Fsp3) is 0.231. The molecule has 7 heteroatoms. The van der Waals surface area contributed by atoms with Crippen LogP contribution in [0.1, 0.15) is 6.42 Å². The number of likely N-dealkylation sites (N-methyl/N-ethyl adjacent to an activating group) is 1. The van der Waals surface area contributed by atoms with E-state index in [-0.39, 0.29) is 11.2 Å². The lowest BCUT2D eigenvalue weighted by Crippen LogP contribution is -2.31. The van der Waals surface area contributed by atoms with Crippen molar-refractivity contribution in [2.24, 2.45) is 0 Å². The van der Waals surface area contributed by atoms with Crippen molar-refractivity contribution in [1.29, 1.82) is 0 Å². The highest BCUT2D eigenvalue weighted by atomic mass is 19.1. The Labute approximate surface area is 190 Å². The minimum absolute atomic E-state index is 0.132. The van der Waals surface area contributed by atoms with Gasteiger partial charge in [-0.1, -0.05) is 0 Å². The van der Waals surface area contributed by atoms with Gasteiger partial charge in [0, 0.05) is 37.0 Å². The number of aromatic nitrogens is 1. The summed E-state index contributed by atoms with van der Waals surface area (Å²) >= 11 is 0. The van der Waals surface area contributed by atoms with Crippen LogP contribution in [0.4, 0.5) is 10.2 Å². The zero-order valence-electron chi connectivity index (χ0n) is 18.5. The van der Waals surface area contributed by atoms with Crippen LogP contribution in [-0.2, 0) is 0 Å². The smallest absolute Gasteiger partial charge is 0.200 e. The second kappa shape index (κ2) is 8.67. The normalized spacial score (nSPS) is 16.0. The molecular weight excluding hydrogens is 421 g/mol. The molecule has 0 amide bonds. The van der Waals surface area contributed by atoms with Gasteiger partial charge in [0.15, 0.2) is 0 Å². The van der Waals surface area contributed by atoms with Gasteiger partial charge in [-0.2, -0.15) is 0 Å². The molecule has 1 saturated heterocycles. The zero-order chi connectivity index (χ0) is 22.9. The quantitative estimate of drug-likeness (QED) is 0.434. The number of fused-ring (bicyclic) bond motifs is 1. The predicted molar refractivity (Wildman–Crippen MR) is 126 cm³/mol. The van der Waals surface area contributed by atoms with Crippen molar-refractivity contribution in [3.8, 4) is 22.6 Å². The second-order valence-electron chi connectivity index (χ2n) is 8.45. The van der Waals surface area contributed by atoms with Gasteiger partial charge in [0.25, 0.3) is 0 Å². The van der Waals surface area contributed by atoms with Crippen LogP contribution in [0.25, 0.3) is 22.1 Å². The Morgan fingerprint density at radius 2 is 1.88 bits per heavy atom. The van der Waals surface area contributed by atoms with Gasteiger partial charge in [0.1, 0.15) is 35.0 Å². The third kappa shape index (κ3) is 4.32. The molecule has 1 unspecified atom stereocenters. The first-order valence-electron chi connectivity index (χ1n) is 10.8. The molecule has 2 aromatic heterocycles. The second-order valence-corrected chi connectivity index (χ2v) is 8.45. The van der Waals surface area contributed by atoms with Crippen LogP contribution in [0.2, 0.25) is 0 Å². The molecular formula is C26H24FN3O3. The molecule has 0 saturated carbocycles. The van der Waals surface area contributed by atoms with Crippen LogP contribution in [-0.4, -0.2) is 43.1 Å². The average molecular weight is 445 g/mol. The molecule has 0 radical (unpaired) electrons. The fourth-order valence-electron chi connectivity index (χ4n) is 4.11. The minimum Gasteiger partial charge on any atom is -0.463 e. The number of benzene rings is 2. The van der Waals surface area contributed by atoms with Crippen molar-refractivity contribution in [2.75, 3.05) is 32.1 Å². The highest BCUT2D eigenvalue weighted by Crippen LogP contribution is 2.27. The molecule has 0 N–H and O–H groups in total. The Balaban J connectivity index is 1.38. The molecule has 1 aliphatic rings. The molecule has 6 nitrogen and oxygen atoms in total. The maximum atomic E-state index is 13.1. The predicted octanol–water partition coefficient (Wildman–Crippen LogP) is 4.93. The Hall–Kier alpha value is -3.71. The number of anilines is 1. The monoisotopic (exact) mass is 445 g/mol. The number of rotatable bonds is 5. The first-order chi connectivity index (χ1) is 16.0. The summed E-state index contributed by atoms with van der Waals surface area (Å²) in [5, 5.41) is 0.455. The van der Waals surface area contributed by atoms with E-state index in [0.717, 1.165) is 25.3 Å². The van der Waals surface area contributed by atoms with Gasteiger partial charge < -0.3 is 19.0 Å². The molecule has 2 aromatic carbocycles. The number of pyridine rings is 1. The number of ether oxygens (including phenoxy) is 1. The van der Waals surface area contributed by atoms with Crippen LogP contribution in [0.15, 0.2) is 76.3 Å². The molecule has 1 aliphatic heterocycles. The SMILES string of the molecule is CN(C)C1CCN(c2ccc(-c3coc4cc(Oc5ccc(F)cc5)ccc4c3=O)cn2)C1.